The Hall–Kier alpha value is -3.66. The summed E-state index contributed by atoms with van der Waals surface area (Å²) in [5.74, 6) is -1.49. The van der Waals surface area contributed by atoms with Crippen LogP contribution in [0.15, 0.2) is 52.9 Å². The second-order valence-corrected chi connectivity index (χ2v) is 8.94. The Bertz CT molecular complexity index is 1250. The number of sulfone groups is 1. The number of ether oxygens (including phenoxy) is 2. The van der Waals surface area contributed by atoms with E-state index in [1.165, 1.54) is 26.4 Å². The summed E-state index contributed by atoms with van der Waals surface area (Å²) in [5, 5.41) is 2.45. The molecule has 168 valence electrons. The normalized spacial score (nSPS) is 11.1. The number of hydrogen-bond donors (Lipinski definition) is 1. The van der Waals surface area contributed by atoms with E-state index in [9.17, 15) is 18.0 Å². The van der Waals surface area contributed by atoms with Crippen molar-refractivity contribution in [3.05, 3.63) is 65.5 Å². The molecule has 0 unspecified atom stereocenters. The highest BCUT2D eigenvalue weighted by molar-refractivity contribution is 7.91. The highest BCUT2D eigenvalue weighted by Crippen LogP contribution is 2.26. The van der Waals surface area contributed by atoms with Gasteiger partial charge >= 0.3 is 5.97 Å². The minimum atomic E-state index is -3.87. The van der Waals surface area contributed by atoms with Crippen LogP contribution in [-0.4, -0.2) is 45.3 Å². The van der Waals surface area contributed by atoms with Gasteiger partial charge in [0.2, 0.25) is 11.8 Å². The minimum Gasteiger partial charge on any atom is -0.497 e. The van der Waals surface area contributed by atoms with Crippen LogP contribution in [0.1, 0.15) is 21.8 Å². The quantitative estimate of drug-likeness (QED) is 0.511. The van der Waals surface area contributed by atoms with Crippen LogP contribution in [0.25, 0.3) is 11.5 Å². The first kappa shape index (κ1) is 23.0. The number of aromatic nitrogens is 1. The van der Waals surface area contributed by atoms with Gasteiger partial charge in [-0.15, -0.1) is 0 Å². The molecule has 0 saturated carbocycles. The average molecular weight is 458 g/mol. The smallest absolute Gasteiger partial charge is 0.339 e. The number of carbonyl (C=O) groups excluding carboxylic acids is 2. The highest BCUT2D eigenvalue weighted by atomic mass is 32.2. The van der Waals surface area contributed by atoms with Crippen molar-refractivity contribution in [3.63, 3.8) is 0 Å². The number of carbonyl (C=O) groups is 2. The second kappa shape index (κ2) is 9.65. The third kappa shape index (κ3) is 5.52. The van der Waals surface area contributed by atoms with Crippen molar-refractivity contribution >= 4 is 27.4 Å². The number of aryl methyl sites for hydroxylation is 1. The first-order valence-corrected chi connectivity index (χ1v) is 11.3. The van der Waals surface area contributed by atoms with Crippen LogP contribution in [-0.2, 0) is 25.1 Å². The lowest BCUT2D eigenvalue weighted by molar-refractivity contribution is -0.113. The molecule has 0 aliphatic rings. The van der Waals surface area contributed by atoms with Gasteiger partial charge in [-0.25, -0.2) is 18.2 Å². The number of amides is 1. The fourth-order valence-electron chi connectivity index (χ4n) is 2.97. The molecule has 0 aliphatic carbocycles. The van der Waals surface area contributed by atoms with Gasteiger partial charge in [-0.05, 0) is 37.3 Å². The summed E-state index contributed by atoms with van der Waals surface area (Å²) in [5.41, 5.74) is 1.13. The van der Waals surface area contributed by atoms with Gasteiger partial charge in [0.1, 0.15) is 17.3 Å². The number of esters is 1. The number of nitrogens with one attached hydrogen (secondary N) is 1. The molecule has 3 aromatic rings. The van der Waals surface area contributed by atoms with E-state index in [4.69, 9.17) is 9.15 Å². The molecule has 2 aromatic carbocycles. The molecule has 10 heteroatoms. The minimum absolute atomic E-state index is 0.121. The van der Waals surface area contributed by atoms with E-state index < -0.39 is 33.2 Å². The molecular formula is C22H22N2O7S. The maximum absolute atomic E-state index is 12.6. The molecule has 0 saturated heterocycles. The first-order valence-electron chi connectivity index (χ1n) is 9.50. The summed E-state index contributed by atoms with van der Waals surface area (Å²) in [6.07, 6.45) is 0. The molecule has 1 amide bonds. The molecule has 1 heterocycles. The number of anilines is 1. The fourth-order valence-corrected chi connectivity index (χ4v) is 4.23. The van der Waals surface area contributed by atoms with Crippen LogP contribution >= 0.6 is 0 Å². The lowest BCUT2D eigenvalue weighted by atomic mass is 10.2. The van der Waals surface area contributed by atoms with E-state index in [-0.39, 0.29) is 22.8 Å². The predicted molar refractivity (Wildman–Crippen MR) is 117 cm³/mol. The van der Waals surface area contributed by atoms with E-state index in [2.05, 4.69) is 15.0 Å². The van der Waals surface area contributed by atoms with Gasteiger partial charge < -0.3 is 19.2 Å². The molecule has 0 fully saturated rings. The van der Waals surface area contributed by atoms with Crippen molar-refractivity contribution in [2.45, 2.75) is 12.7 Å². The van der Waals surface area contributed by atoms with E-state index in [1.807, 2.05) is 0 Å². The number of para-hydroxylation sites is 1. The molecule has 0 bridgehead atoms. The Morgan fingerprint density at radius 3 is 2.56 bits per heavy atom. The lowest BCUT2D eigenvalue weighted by Gasteiger charge is -2.09. The number of hydrogen-bond acceptors (Lipinski definition) is 8. The molecule has 9 nitrogen and oxygen atoms in total. The standard InChI is InChI=1S/C22H22N2O7S/c1-14-19(24-21(31-14)15-7-6-8-16(11-15)29-2)12-32(27,28)13-20(25)23-18-10-5-4-9-17(18)22(26)30-3/h4-11H,12-13H2,1-3H3,(H,23,25). The zero-order chi connectivity index (χ0) is 23.3. The largest absolute Gasteiger partial charge is 0.497 e. The zero-order valence-corrected chi connectivity index (χ0v) is 18.6. The summed E-state index contributed by atoms with van der Waals surface area (Å²) >= 11 is 0. The summed E-state index contributed by atoms with van der Waals surface area (Å²) in [4.78, 5) is 28.5. The van der Waals surface area contributed by atoms with Gasteiger partial charge in [0.05, 0.1) is 36.9 Å². The first-order chi connectivity index (χ1) is 15.2. The topological polar surface area (TPSA) is 125 Å². The molecule has 1 aromatic heterocycles. The second-order valence-electron chi connectivity index (χ2n) is 6.87. The van der Waals surface area contributed by atoms with Gasteiger partial charge in [0, 0.05) is 5.56 Å². The lowest BCUT2D eigenvalue weighted by Crippen LogP contribution is -2.25. The van der Waals surface area contributed by atoms with Crippen molar-refractivity contribution in [2.24, 2.45) is 0 Å². The Balaban J connectivity index is 1.73. The fraction of sp³-hybridized carbons (Fsp3) is 0.227. The molecule has 0 spiro atoms. The third-order valence-electron chi connectivity index (χ3n) is 4.52. The van der Waals surface area contributed by atoms with Gasteiger partial charge in [-0.2, -0.15) is 0 Å². The predicted octanol–water partition coefficient (Wildman–Crippen LogP) is 3.00. The van der Waals surface area contributed by atoms with Crippen molar-refractivity contribution in [1.82, 2.24) is 4.98 Å². The van der Waals surface area contributed by atoms with Gasteiger partial charge in [-0.3, -0.25) is 4.79 Å². The van der Waals surface area contributed by atoms with Crippen LogP contribution in [0.3, 0.4) is 0 Å². The number of rotatable bonds is 8. The maximum atomic E-state index is 12.6. The van der Waals surface area contributed by atoms with E-state index >= 15 is 0 Å². The molecule has 0 aliphatic heterocycles. The number of oxazole rings is 1. The molecule has 3 rings (SSSR count). The Morgan fingerprint density at radius 2 is 1.84 bits per heavy atom. The molecule has 0 atom stereocenters. The number of methoxy groups -OCH3 is 2. The zero-order valence-electron chi connectivity index (χ0n) is 17.7. The maximum Gasteiger partial charge on any atom is 0.339 e. The summed E-state index contributed by atoms with van der Waals surface area (Å²) in [6.45, 7) is 1.61. The van der Waals surface area contributed by atoms with Crippen molar-refractivity contribution in [2.75, 3.05) is 25.3 Å². The van der Waals surface area contributed by atoms with Gasteiger partial charge in [0.15, 0.2) is 9.84 Å². The SMILES string of the molecule is COC(=O)c1ccccc1NC(=O)CS(=O)(=O)Cc1nc(-c2cccc(OC)c2)oc1C. The van der Waals surface area contributed by atoms with E-state index in [0.29, 0.717) is 17.1 Å². The van der Waals surface area contributed by atoms with Crippen LogP contribution in [0.5, 0.6) is 5.75 Å². The third-order valence-corrected chi connectivity index (χ3v) is 5.94. The van der Waals surface area contributed by atoms with Crippen LogP contribution in [0, 0.1) is 6.92 Å². The van der Waals surface area contributed by atoms with Crippen molar-refractivity contribution in [3.8, 4) is 17.2 Å². The Kier molecular flexibility index (Phi) is 6.94. The van der Waals surface area contributed by atoms with Crippen molar-refractivity contribution in [1.29, 1.82) is 0 Å². The molecule has 32 heavy (non-hydrogen) atoms. The molecule has 1 N–H and O–H groups in total. The summed E-state index contributed by atoms with van der Waals surface area (Å²) in [7, 11) is -1.12. The van der Waals surface area contributed by atoms with Crippen molar-refractivity contribution < 1.29 is 31.9 Å². The van der Waals surface area contributed by atoms with E-state index in [1.54, 1.807) is 43.3 Å². The monoisotopic (exact) mass is 458 g/mol. The van der Waals surface area contributed by atoms with Crippen LogP contribution in [0.2, 0.25) is 0 Å². The van der Waals surface area contributed by atoms with E-state index in [0.717, 1.165) is 0 Å². The summed E-state index contributed by atoms with van der Waals surface area (Å²) < 4.78 is 40.7. The van der Waals surface area contributed by atoms with Gasteiger partial charge in [0.25, 0.3) is 0 Å². The Morgan fingerprint density at radius 1 is 1.09 bits per heavy atom. The highest BCUT2D eigenvalue weighted by Gasteiger charge is 2.23. The van der Waals surface area contributed by atoms with Gasteiger partial charge in [-0.1, -0.05) is 18.2 Å². The Labute approximate surface area is 185 Å². The van der Waals surface area contributed by atoms with Crippen LogP contribution < -0.4 is 10.1 Å². The number of nitrogens with zero attached hydrogens (tertiary/aromatic N) is 1. The molecular weight excluding hydrogens is 436 g/mol. The summed E-state index contributed by atoms with van der Waals surface area (Å²) in [6, 6.07) is 13.2. The number of benzene rings is 2. The van der Waals surface area contributed by atoms with Crippen LogP contribution in [0.4, 0.5) is 5.69 Å². The molecule has 0 radical (unpaired) electrons. The average Bonchev–Trinajstić information content (AvgIpc) is 3.12.